The van der Waals surface area contributed by atoms with E-state index < -0.39 is 0 Å². The lowest BCUT2D eigenvalue weighted by Crippen LogP contribution is -2.10. The topological polar surface area (TPSA) is 35.2 Å². The van der Waals surface area contributed by atoms with Gasteiger partial charge in [-0.25, -0.2) is 0 Å². The molecule has 0 saturated carbocycles. The van der Waals surface area contributed by atoms with Crippen molar-refractivity contribution >= 4 is 11.6 Å². The van der Waals surface area contributed by atoms with Crippen LogP contribution in [-0.2, 0) is 0 Å². The number of rotatable bonds is 9. The highest BCUT2D eigenvalue weighted by Crippen LogP contribution is 2.40. The molecule has 0 heterocycles. The Bertz CT molecular complexity index is 445. The van der Waals surface area contributed by atoms with E-state index in [0.717, 1.165) is 61.6 Å². The molecule has 0 spiro atoms. The van der Waals surface area contributed by atoms with Crippen molar-refractivity contribution in [3.05, 3.63) is 27.8 Å². The molecule has 21 heavy (non-hydrogen) atoms. The zero-order chi connectivity index (χ0) is 15.8. The molecule has 1 unspecified atom stereocenters. The van der Waals surface area contributed by atoms with Crippen LogP contribution in [0.15, 0.2) is 6.07 Å². The third-order valence-electron chi connectivity index (χ3n) is 3.96. The third-order valence-corrected chi connectivity index (χ3v) is 4.54. The van der Waals surface area contributed by atoms with Crippen LogP contribution in [0.5, 0.6) is 5.75 Å². The van der Waals surface area contributed by atoms with Crippen LogP contribution in [0.2, 0.25) is 5.02 Å². The van der Waals surface area contributed by atoms with Crippen LogP contribution < -0.4 is 10.5 Å². The van der Waals surface area contributed by atoms with Gasteiger partial charge in [-0.2, -0.15) is 0 Å². The smallest absolute Gasteiger partial charge is 0.123 e. The zero-order valence-electron chi connectivity index (χ0n) is 14.0. The molecule has 2 nitrogen and oxygen atoms in total. The number of nitrogens with two attached hydrogens (primary N) is 1. The van der Waals surface area contributed by atoms with Gasteiger partial charge in [0.1, 0.15) is 5.75 Å². The van der Waals surface area contributed by atoms with Gasteiger partial charge in [-0.1, -0.05) is 31.9 Å². The molecule has 120 valence electrons. The predicted molar refractivity (Wildman–Crippen MR) is 92.6 cm³/mol. The van der Waals surface area contributed by atoms with Crippen LogP contribution in [0, 0.1) is 13.8 Å². The number of hydrogen-bond acceptors (Lipinski definition) is 2. The second-order valence-corrected chi connectivity index (χ2v) is 6.19. The summed E-state index contributed by atoms with van der Waals surface area (Å²) in [6, 6.07) is 2.10. The fourth-order valence-corrected chi connectivity index (χ4v) is 3.08. The van der Waals surface area contributed by atoms with Crippen molar-refractivity contribution in [2.45, 2.75) is 65.7 Å². The van der Waals surface area contributed by atoms with Gasteiger partial charge in [0.15, 0.2) is 0 Å². The van der Waals surface area contributed by atoms with Crippen LogP contribution in [0.4, 0.5) is 0 Å². The molecule has 0 fully saturated rings. The first-order valence-electron chi connectivity index (χ1n) is 8.19. The van der Waals surface area contributed by atoms with Crippen LogP contribution in [0.3, 0.4) is 0 Å². The quantitative estimate of drug-likeness (QED) is 0.665. The molecule has 0 saturated heterocycles. The maximum Gasteiger partial charge on any atom is 0.123 e. The minimum atomic E-state index is 0.489. The van der Waals surface area contributed by atoms with E-state index in [4.69, 9.17) is 22.1 Å². The minimum Gasteiger partial charge on any atom is -0.493 e. The van der Waals surface area contributed by atoms with Gasteiger partial charge in [-0.15, -0.1) is 0 Å². The Labute approximate surface area is 135 Å². The van der Waals surface area contributed by atoms with Gasteiger partial charge in [0.25, 0.3) is 0 Å². The van der Waals surface area contributed by atoms with Crippen LogP contribution in [0.25, 0.3) is 0 Å². The molecular formula is C18H30ClNO. The first kappa shape index (κ1) is 18.3. The second-order valence-electron chi connectivity index (χ2n) is 5.81. The molecule has 2 N–H and O–H groups in total. The molecule has 1 aromatic rings. The number of halogens is 1. The summed E-state index contributed by atoms with van der Waals surface area (Å²) in [5.74, 6) is 1.51. The number of hydrogen-bond donors (Lipinski definition) is 1. The highest BCUT2D eigenvalue weighted by atomic mass is 35.5. The van der Waals surface area contributed by atoms with Crippen molar-refractivity contribution in [3.63, 3.8) is 0 Å². The molecular weight excluding hydrogens is 282 g/mol. The minimum absolute atomic E-state index is 0.489. The van der Waals surface area contributed by atoms with E-state index in [2.05, 4.69) is 26.8 Å². The van der Waals surface area contributed by atoms with E-state index in [1.54, 1.807) is 0 Å². The van der Waals surface area contributed by atoms with E-state index in [9.17, 15) is 0 Å². The molecule has 0 aromatic heterocycles. The molecule has 0 radical (unpaired) electrons. The van der Waals surface area contributed by atoms with Gasteiger partial charge < -0.3 is 10.5 Å². The van der Waals surface area contributed by atoms with Gasteiger partial charge in [0, 0.05) is 10.6 Å². The Morgan fingerprint density at radius 3 is 2.48 bits per heavy atom. The number of benzene rings is 1. The average molecular weight is 312 g/mol. The summed E-state index contributed by atoms with van der Waals surface area (Å²) in [6.07, 6.45) is 5.48. The summed E-state index contributed by atoms with van der Waals surface area (Å²) in [5, 5.41) is 0.878. The second kappa shape index (κ2) is 9.32. The lowest BCUT2D eigenvalue weighted by atomic mass is 9.86. The molecule has 0 aliphatic carbocycles. The monoisotopic (exact) mass is 311 g/mol. The van der Waals surface area contributed by atoms with Crippen molar-refractivity contribution in [3.8, 4) is 5.75 Å². The van der Waals surface area contributed by atoms with Crippen molar-refractivity contribution in [1.29, 1.82) is 0 Å². The summed E-state index contributed by atoms with van der Waals surface area (Å²) in [6.45, 7) is 10.0. The lowest BCUT2D eigenvalue weighted by molar-refractivity contribution is 0.310. The average Bonchev–Trinajstić information content (AvgIpc) is 2.47. The standard InChI is InChI=1S/C18H30ClNO/c1-5-8-15(9-7-10-20)17-14(4)18(19)13(3)12-16(17)21-11-6-2/h12,15H,5-11,20H2,1-4H3. The summed E-state index contributed by atoms with van der Waals surface area (Å²) in [5.41, 5.74) is 9.28. The summed E-state index contributed by atoms with van der Waals surface area (Å²) < 4.78 is 6.02. The Morgan fingerprint density at radius 1 is 1.19 bits per heavy atom. The van der Waals surface area contributed by atoms with Crippen molar-refractivity contribution in [2.24, 2.45) is 5.73 Å². The van der Waals surface area contributed by atoms with E-state index in [-0.39, 0.29) is 0 Å². The van der Waals surface area contributed by atoms with E-state index in [1.807, 2.05) is 6.92 Å². The molecule has 0 amide bonds. The van der Waals surface area contributed by atoms with Crippen LogP contribution >= 0.6 is 11.6 Å². The highest BCUT2D eigenvalue weighted by molar-refractivity contribution is 6.32. The molecule has 1 rings (SSSR count). The van der Waals surface area contributed by atoms with E-state index in [0.29, 0.717) is 5.92 Å². The van der Waals surface area contributed by atoms with Crippen LogP contribution in [0.1, 0.15) is 68.6 Å². The Kier molecular flexibility index (Phi) is 8.13. The summed E-state index contributed by atoms with van der Waals surface area (Å²) in [7, 11) is 0. The van der Waals surface area contributed by atoms with E-state index in [1.165, 1.54) is 11.1 Å². The van der Waals surface area contributed by atoms with Gasteiger partial charge in [0.2, 0.25) is 0 Å². The van der Waals surface area contributed by atoms with E-state index >= 15 is 0 Å². The first-order valence-corrected chi connectivity index (χ1v) is 8.56. The van der Waals surface area contributed by atoms with Gasteiger partial charge in [-0.05, 0) is 69.2 Å². The van der Waals surface area contributed by atoms with Gasteiger partial charge >= 0.3 is 0 Å². The summed E-state index contributed by atoms with van der Waals surface area (Å²) >= 11 is 6.49. The Balaban J connectivity index is 3.22. The van der Waals surface area contributed by atoms with Gasteiger partial charge in [0.05, 0.1) is 6.61 Å². The van der Waals surface area contributed by atoms with Crippen LogP contribution in [-0.4, -0.2) is 13.2 Å². The lowest BCUT2D eigenvalue weighted by Gasteiger charge is -2.24. The zero-order valence-corrected chi connectivity index (χ0v) is 14.7. The SMILES string of the molecule is CCCOc1cc(C)c(Cl)c(C)c1C(CCC)CCCN. The molecule has 0 bridgehead atoms. The van der Waals surface area contributed by atoms with Crippen molar-refractivity contribution < 1.29 is 4.74 Å². The Morgan fingerprint density at radius 2 is 1.90 bits per heavy atom. The molecule has 1 aromatic carbocycles. The fraction of sp³-hybridized carbons (Fsp3) is 0.667. The molecule has 3 heteroatoms. The molecule has 0 aliphatic rings. The Hall–Kier alpha value is -0.730. The largest absolute Gasteiger partial charge is 0.493 e. The maximum absolute atomic E-state index is 6.49. The number of ether oxygens (including phenoxy) is 1. The predicted octanol–water partition coefficient (Wildman–Crippen LogP) is 5.37. The molecule has 0 aliphatic heterocycles. The highest BCUT2D eigenvalue weighted by Gasteiger charge is 2.21. The maximum atomic E-state index is 6.49. The normalized spacial score (nSPS) is 12.5. The van der Waals surface area contributed by atoms with Gasteiger partial charge in [-0.3, -0.25) is 0 Å². The first-order chi connectivity index (χ1) is 10.1. The number of aryl methyl sites for hydroxylation is 1. The van der Waals surface area contributed by atoms with Crippen molar-refractivity contribution in [1.82, 2.24) is 0 Å². The molecule has 1 atom stereocenters. The summed E-state index contributed by atoms with van der Waals surface area (Å²) in [4.78, 5) is 0. The van der Waals surface area contributed by atoms with Crippen molar-refractivity contribution in [2.75, 3.05) is 13.2 Å². The third kappa shape index (κ3) is 4.89. The fourth-order valence-electron chi connectivity index (χ4n) is 2.92.